The zero-order valence-corrected chi connectivity index (χ0v) is 16.2. The first kappa shape index (κ1) is 18.2. The summed E-state index contributed by atoms with van der Waals surface area (Å²) in [5.74, 6) is 2.98. The average Bonchev–Trinajstić information content (AvgIpc) is 3.28. The van der Waals surface area contributed by atoms with Crippen LogP contribution in [0.3, 0.4) is 0 Å². The number of hydrogen-bond acceptors (Lipinski definition) is 6. The summed E-state index contributed by atoms with van der Waals surface area (Å²) in [6.07, 6.45) is 7.03. The van der Waals surface area contributed by atoms with Crippen molar-refractivity contribution in [3.63, 3.8) is 0 Å². The van der Waals surface area contributed by atoms with Crippen molar-refractivity contribution in [2.45, 2.75) is 51.5 Å². The molecule has 2 aromatic heterocycles. The third-order valence-corrected chi connectivity index (χ3v) is 5.91. The molecule has 0 radical (unpaired) electrons. The number of carbonyl (C=O) groups is 1. The summed E-state index contributed by atoms with van der Waals surface area (Å²) < 4.78 is 7.33. The molecule has 0 saturated carbocycles. The number of aryl methyl sites for hydroxylation is 1. The minimum absolute atomic E-state index is 0.0385. The molecule has 2 aliphatic heterocycles. The van der Waals surface area contributed by atoms with Gasteiger partial charge >= 0.3 is 0 Å². The number of oxazole rings is 1. The smallest absolute Gasteiger partial charge is 0.276 e. The van der Waals surface area contributed by atoms with Crippen LogP contribution in [0, 0.1) is 6.92 Å². The van der Waals surface area contributed by atoms with Crippen LogP contribution >= 0.6 is 0 Å². The molecule has 2 saturated heterocycles. The highest BCUT2D eigenvalue weighted by Gasteiger charge is 2.29. The predicted molar refractivity (Wildman–Crippen MR) is 99.2 cm³/mol. The number of aromatic nitrogens is 4. The zero-order valence-electron chi connectivity index (χ0n) is 16.2. The third kappa shape index (κ3) is 3.76. The molecule has 4 heterocycles. The van der Waals surface area contributed by atoms with Crippen LogP contribution in [0.5, 0.6) is 0 Å². The minimum Gasteiger partial charge on any atom is -0.448 e. The number of hydrogen-bond donors (Lipinski definition) is 0. The van der Waals surface area contributed by atoms with Gasteiger partial charge in [-0.3, -0.25) is 9.69 Å². The maximum Gasteiger partial charge on any atom is 0.276 e. The van der Waals surface area contributed by atoms with Gasteiger partial charge in [-0.25, -0.2) is 4.98 Å². The lowest BCUT2D eigenvalue weighted by Crippen LogP contribution is -2.38. The number of piperidine rings is 2. The molecular weight excluding hydrogens is 344 g/mol. The molecular formula is C19H28N6O2. The van der Waals surface area contributed by atoms with E-state index in [2.05, 4.69) is 31.7 Å². The first-order valence-electron chi connectivity index (χ1n) is 9.93. The van der Waals surface area contributed by atoms with Gasteiger partial charge in [0.1, 0.15) is 17.4 Å². The molecule has 2 aromatic rings. The molecule has 0 aromatic carbocycles. The van der Waals surface area contributed by atoms with Crippen LogP contribution in [0.15, 0.2) is 10.8 Å². The highest BCUT2D eigenvalue weighted by molar-refractivity contribution is 5.93. The van der Waals surface area contributed by atoms with Crippen LogP contribution < -0.4 is 0 Å². The molecule has 0 spiro atoms. The summed E-state index contributed by atoms with van der Waals surface area (Å²) in [4.78, 5) is 21.0. The highest BCUT2D eigenvalue weighted by Crippen LogP contribution is 2.28. The molecule has 0 N–H and O–H groups in total. The van der Waals surface area contributed by atoms with E-state index in [9.17, 15) is 4.79 Å². The number of amides is 1. The molecule has 0 aliphatic carbocycles. The summed E-state index contributed by atoms with van der Waals surface area (Å²) in [6, 6.07) is 0. The number of rotatable bonds is 4. The fourth-order valence-electron chi connectivity index (χ4n) is 4.19. The number of nitrogens with zero attached hydrogens (tertiary/aromatic N) is 6. The Morgan fingerprint density at radius 2 is 1.89 bits per heavy atom. The van der Waals surface area contributed by atoms with Crippen molar-refractivity contribution < 1.29 is 9.21 Å². The van der Waals surface area contributed by atoms with Crippen LogP contribution in [0.4, 0.5) is 0 Å². The van der Waals surface area contributed by atoms with Gasteiger partial charge in [-0.05, 0) is 45.7 Å². The Balaban J connectivity index is 1.37. The topological polar surface area (TPSA) is 80.3 Å². The van der Waals surface area contributed by atoms with Gasteiger partial charge in [0.2, 0.25) is 0 Å². The van der Waals surface area contributed by atoms with E-state index in [0.717, 1.165) is 44.1 Å². The van der Waals surface area contributed by atoms with E-state index in [1.807, 2.05) is 4.90 Å². The molecule has 4 rings (SSSR count). The van der Waals surface area contributed by atoms with Gasteiger partial charge in [0.25, 0.3) is 5.91 Å². The Labute approximate surface area is 159 Å². The Hall–Kier alpha value is -2.22. The van der Waals surface area contributed by atoms with Crippen molar-refractivity contribution in [2.24, 2.45) is 7.05 Å². The van der Waals surface area contributed by atoms with Crippen LogP contribution in [0.1, 0.15) is 65.9 Å². The van der Waals surface area contributed by atoms with Crippen LogP contribution in [-0.4, -0.2) is 61.6 Å². The van der Waals surface area contributed by atoms with E-state index in [0.29, 0.717) is 30.5 Å². The van der Waals surface area contributed by atoms with Gasteiger partial charge in [0.15, 0.2) is 12.1 Å². The standard InChI is InChI=1S/C19H28N6O2/c1-14-17(20-13-27-14)19(26)25-10-6-15(7-11-25)18-22-21-16(23(18)2)12-24-8-4-3-5-9-24/h13,15H,3-12H2,1-2H3. The van der Waals surface area contributed by atoms with Gasteiger partial charge in [-0.2, -0.15) is 0 Å². The maximum atomic E-state index is 12.6. The monoisotopic (exact) mass is 372 g/mol. The lowest BCUT2D eigenvalue weighted by atomic mass is 9.95. The quantitative estimate of drug-likeness (QED) is 0.818. The highest BCUT2D eigenvalue weighted by atomic mass is 16.3. The van der Waals surface area contributed by atoms with Crippen LogP contribution in [0.2, 0.25) is 0 Å². The van der Waals surface area contributed by atoms with Crippen molar-refractivity contribution in [1.82, 2.24) is 29.5 Å². The minimum atomic E-state index is -0.0385. The molecule has 146 valence electrons. The molecule has 8 heteroatoms. The lowest BCUT2D eigenvalue weighted by Gasteiger charge is -2.31. The van der Waals surface area contributed by atoms with E-state index in [1.54, 1.807) is 6.92 Å². The summed E-state index contributed by atoms with van der Waals surface area (Å²) >= 11 is 0. The Kier molecular flexibility index (Phi) is 5.24. The molecule has 2 fully saturated rings. The average molecular weight is 372 g/mol. The fraction of sp³-hybridized carbons (Fsp3) is 0.684. The predicted octanol–water partition coefficient (Wildman–Crippen LogP) is 2.12. The second kappa shape index (κ2) is 7.80. The van der Waals surface area contributed by atoms with Crippen LogP contribution in [-0.2, 0) is 13.6 Å². The Morgan fingerprint density at radius 3 is 2.56 bits per heavy atom. The van der Waals surface area contributed by atoms with E-state index in [-0.39, 0.29) is 5.91 Å². The second-order valence-electron chi connectivity index (χ2n) is 7.69. The first-order chi connectivity index (χ1) is 13.1. The van der Waals surface area contributed by atoms with Crippen molar-refractivity contribution in [3.05, 3.63) is 29.5 Å². The SMILES string of the molecule is Cc1ocnc1C(=O)N1CCC(c2nnc(CN3CCCCC3)n2C)CC1. The molecule has 0 bridgehead atoms. The first-order valence-corrected chi connectivity index (χ1v) is 9.93. The van der Waals surface area contributed by atoms with Gasteiger partial charge in [-0.15, -0.1) is 10.2 Å². The van der Waals surface area contributed by atoms with Gasteiger partial charge in [-0.1, -0.05) is 6.42 Å². The summed E-state index contributed by atoms with van der Waals surface area (Å²) in [5.41, 5.74) is 0.427. The summed E-state index contributed by atoms with van der Waals surface area (Å²) in [5, 5.41) is 8.95. The normalized spacial score (nSPS) is 19.6. The summed E-state index contributed by atoms with van der Waals surface area (Å²) in [7, 11) is 2.07. The molecule has 1 amide bonds. The maximum absolute atomic E-state index is 12.6. The van der Waals surface area contributed by atoms with Gasteiger partial charge < -0.3 is 13.9 Å². The van der Waals surface area contributed by atoms with E-state index in [1.165, 1.54) is 25.7 Å². The van der Waals surface area contributed by atoms with E-state index in [4.69, 9.17) is 4.42 Å². The summed E-state index contributed by atoms with van der Waals surface area (Å²) in [6.45, 7) is 6.39. The third-order valence-electron chi connectivity index (χ3n) is 5.91. The van der Waals surface area contributed by atoms with Gasteiger partial charge in [0.05, 0.1) is 6.54 Å². The second-order valence-corrected chi connectivity index (χ2v) is 7.69. The Bertz CT molecular complexity index is 784. The van der Waals surface area contributed by atoms with E-state index >= 15 is 0 Å². The molecule has 27 heavy (non-hydrogen) atoms. The van der Waals surface area contributed by atoms with Crippen molar-refractivity contribution >= 4 is 5.91 Å². The van der Waals surface area contributed by atoms with E-state index < -0.39 is 0 Å². The van der Waals surface area contributed by atoms with Gasteiger partial charge in [0, 0.05) is 26.1 Å². The van der Waals surface area contributed by atoms with Crippen molar-refractivity contribution in [2.75, 3.05) is 26.2 Å². The molecule has 0 atom stereocenters. The van der Waals surface area contributed by atoms with Crippen molar-refractivity contribution in [3.8, 4) is 0 Å². The zero-order chi connectivity index (χ0) is 18.8. The molecule has 8 nitrogen and oxygen atoms in total. The number of carbonyl (C=O) groups excluding carboxylic acids is 1. The fourth-order valence-corrected chi connectivity index (χ4v) is 4.19. The molecule has 2 aliphatic rings. The largest absolute Gasteiger partial charge is 0.448 e. The Morgan fingerprint density at radius 1 is 1.15 bits per heavy atom. The molecule has 0 unspecified atom stereocenters. The van der Waals surface area contributed by atoms with Crippen molar-refractivity contribution in [1.29, 1.82) is 0 Å². The lowest BCUT2D eigenvalue weighted by molar-refractivity contribution is 0.0703. The number of likely N-dealkylation sites (tertiary alicyclic amines) is 2. The van der Waals surface area contributed by atoms with Crippen LogP contribution in [0.25, 0.3) is 0 Å².